The molecule has 3 rings (SSSR count). The van der Waals surface area contributed by atoms with Gasteiger partial charge in [0.05, 0.1) is 5.92 Å². The number of Topliss-reactive ketones (excluding diaryl/α,β-unsaturated/α-hetero) is 1. The van der Waals surface area contributed by atoms with Crippen molar-refractivity contribution in [2.75, 3.05) is 11.4 Å². The summed E-state index contributed by atoms with van der Waals surface area (Å²) in [6.07, 6.45) is -0.785. The number of hydrogen-bond acceptors (Lipinski definition) is 4. The Morgan fingerprint density at radius 2 is 1.73 bits per heavy atom. The van der Waals surface area contributed by atoms with Gasteiger partial charge in [0.25, 0.3) is 0 Å². The molecule has 1 saturated heterocycles. The van der Waals surface area contributed by atoms with Gasteiger partial charge in [-0.2, -0.15) is 0 Å². The minimum Gasteiger partial charge on any atom is -0.454 e. The molecule has 2 atom stereocenters. The van der Waals surface area contributed by atoms with E-state index in [1.54, 1.807) is 36.1 Å². The molecule has 134 valence electrons. The van der Waals surface area contributed by atoms with Crippen LogP contribution in [0.3, 0.4) is 0 Å². The van der Waals surface area contributed by atoms with Gasteiger partial charge in [0.15, 0.2) is 6.10 Å². The maximum absolute atomic E-state index is 12.4. The molecule has 0 N–H and O–H groups in total. The van der Waals surface area contributed by atoms with E-state index in [1.807, 2.05) is 37.3 Å². The molecule has 0 unspecified atom stereocenters. The zero-order valence-electron chi connectivity index (χ0n) is 14.8. The Balaban J connectivity index is 1.65. The highest BCUT2D eigenvalue weighted by molar-refractivity contribution is 6.02. The highest BCUT2D eigenvalue weighted by atomic mass is 16.5. The first kappa shape index (κ1) is 17.9. The maximum Gasteiger partial charge on any atom is 0.312 e. The summed E-state index contributed by atoms with van der Waals surface area (Å²) < 4.78 is 5.35. The lowest BCUT2D eigenvalue weighted by Crippen LogP contribution is -2.30. The van der Waals surface area contributed by atoms with Gasteiger partial charge in [-0.3, -0.25) is 14.4 Å². The van der Waals surface area contributed by atoms with Crippen molar-refractivity contribution in [3.8, 4) is 0 Å². The molecule has 2 aromatic carbocycles. The Bertz CT molecular complexity index is 831. The van der Waals surface area contributed by atoms with Crippen molar-refractivity contribution in [2.45, 2.75) is 26.4 Å². The zero-order chi connectivity index (χ0) is 18.7. The van der Waals surface area contributed by atoms with Crippen molar-refractivity contribution < 1.29 is 19.1 Å². The number of anilines is 1. The van der Waals surface area contributed by atoms with E-state index in [0.29, 0.717) is 5.56 Å². The summed E-state index contributed by atoms with van der Waals surface area (Å²) in [4.78, 5) is 38.7. The van der Waals surface area contributed by atoms with Gasteiger partial charge in [0.1, 0.15) is 0 Å². The van der Waals surface area contributed by atoms with Crippen molar-refractivity contribution in [3.05, 3.63) is 65.7 Å². The summed E-state index contributed by atoms with van der Waals surface area (Å²) in [6.45, 7) is 3.76. The molecule has 0 saturated carbocycles. The van der Waals surface area contributed by atoms with Crippen LogP contribution in [-0.4, -0.2) is 30.3 Å². The number of benzene rings is 2. The Labute approximate surface area is 152 Å². The molecular formula is C21H21NO4. The second-order valence-corrected chi connectivity index (χ2v) is 6.50. The second kappa shape index (κ2) is 7.52. The van der Waals surface area contributed by atoms with Crippen molar-refractivity contribution in [2.24, 2.45) is 5.92 Å². The van der Waals surface area contributed by atoms with Crippen molar-refractivity contribution in [1.82, 2.24) is 0 Å². The van der Waals surface area contributed by atoms with Crippen molar-refractivity contribution in [3.63, 3.8) is 0 Å². The molecule has 0 bridgehead atoms. The summed E-state index contributed by atoms with van der Waals surface area (Å²) in [5.74, 6) is -1.43. The van der Waals surface area contributed by atoms with E-state index < -0.39 is 18.0 Å². The van der Waals surface area contributed by atoms with Crippen molar-refractivity contribution in [1.29, 1.82) is 0 Å². The quantitative estimate of drug-likeness (QED) is 0.613. The number of esters is 1. The zero-order valence-corrected chi connectivity index (χ0v) is 14.8. The number of ketones is 1. The van der Waals surface area contributed by atoms with E-state index in [1.165, 1.54) is 0 Å². The SMILES string of the molecule is Cc1ccccc1N1C[C@@H](C(=O)O[C@H](C)C(=O)c2ccccc2)CC1=O. The van der Waals surface area contributed by atoms with Gasteiger partial charge in [-0.05, 0) is 25.5 Å². The van der Waals surface area contributed by atoms with E-state index in [4.69, 9.17) is 4.74 Å². The third kappa shape index (κ3) is 3.67. The number of rotatable bonds is 5. The second-order valence-electron chi connectivity index (χ2n) is 6.50. The molecule has 5 heteroatoms. The third-order valence-corrected chi connectivity index (χ3v) is 4.59. The summed E-state index contributed by atoms with van der Waals surface area (Å²) in [5, 5.41) is 0. The first-order chi connectivity index (χ1) is 12.5. The highest BCUT2D eigenvalue weighted by Gasteiger charge is 2.37. The van der Waals surface area contributed by atoms with Crippen LogP contribution in [0.15, 0.2) is 54.6 Å². The molecule has 5 nitrogen and oxygen atoms in total. The standard InChI is InChI=1S/C21H21NO4/c1-14-8-6-7-11-18(14)22-13-17(12-19(22)23)21(25)26-15(2)20(24)16-9-4-3-5-10-16/h3-11,15,17H,12-13H2,1-2H3/t15-,17+/m1/s1. The predicted octanol–water partition coefficient (Wildman–Crippen LogP) is 3.16. The molecule has 1 aliphatic rings. The number of nitrogens with zero attached hydrogens (tertiary/aromatic N) is 1. The number of amides is 1. The molecule has 0 aromatic heterocycles. The van der Waals surface area contributed by atoms with Crippen molar-refractivity contribution >= 4 is 23.3 Å². The van der Waals surface area contributed by atoms with E-state index in [2.05, 4.69) is 0 Å². The van der Waals surface area contributed by atoms with Gasteiger partial charge in [0.2, 0.25) is 11.7 Å². The van der Waals surface area contributed by atoms with Gasteiger partial charge >= 0.3 is 5.97 Å². The number of carbonyl (C=O) groups is 3. The Kier molecular flexibility index (Phi) is 5.16. The van der Waals surface area contributed by atoms with Crippen LogP contribution in [-0.2, 0) is 14.3 Å². The van der Waals surface area contributed by atoms with Gasteiger partial charge in [0, 0.05) is 24.2 Å². The minimum absolute atomic E-state index is 0.0966. The van der Waals surface area contributed by atoms with E-state index >= 15 is 0 Å². The molecule has 1 amide bonds. The summed E-state index contributed by atoms with van der Waals surface area (Å²) in [5.41, 5.74) is 2.28. The minimum atomic E-state index is -0.882. The molecule has 0 aliphatic carbocycles. The van der Waals surface area contributed by atoms with Crippen LogP contribution < -0.4 is 4.90 Å². The first-order valence-electron chi connectivity index (χ1n) is 8.63. The van der Waals surface area contributed by atoms with Crippen LogP contribution in [0.2, 0.25) is 0 Å². The number of hydrogen-bond donors (Lipinski definition) is 0. The summed E-state index contributed by atoms with van der Waals surface area (Å²) in [6, 6.07) is 16.3. The monoisotopic (exact) mass is 351 g/mol. The van der Waals surface area contributed by atoms with E-state index in [9.17, 15) is 14.4 Å². The Morgan fingerprint density at radius 3 is 2.42 bits per heavy atom. The fourth-order valence-electron chi connectivity index (χ4n) is 3.13. The molecule has 1 fully saturated rings. The van der Waals surface area contributed by atoms with Crippen LogP contribution in [0.4, 0.5) is 5.69 Å². The lowest BCUT2D eigenvalue weighted by Gasteiger charge is -2.19. The van der Waals surface area contributed by atoms with E-state index in [-0.39, 0.29) is 24.7 Å². The lowest BCUT2D eigenvalue weighted by atomic mass is 10.1. The molecule has 0 spiro atoms. The highest BCUT2D eigenvalue weighted by Crippen LogP contribution is 2.28. The number of aryl methyl sites for hydroxylation is 1. The van der Waals surface area contributed by atoms with Gasteiger partial charge in [-0.25, -0.2) is 0 Å². The number of para-hydroxylation sites is 1. The lowest BCUT2D eigenvalue weighted by molar-refractivity contribution is -0.151. The molecule has 0 radical (unpaired) electrons. The summed E-state index contributed by atoms with van der Waals surface area (Å²) in [7, 11) is 0. The Morgan fingerprint density at radius 1 is 1.08 bits per heavy atom. The van der Waals surface area contributed by atoms with Gasteiger partial charge in [-0.15, -0.1) is 0 Å². The molecule has 26 heavy (non-hydrogen) atoms. The third-order valence-electron chi connectivity index (χ3n) is 4.59. The van der Waals surface area contributed by atoms with Crippen LogP contribution in [0, 0.1) is 12.8 Å². The van der Waals surface area contributed by atoms with Crippen LogP contribution in [0.5, 0.6) is 0 Å². The summed E-state index contributed by atoms with van der Waals surface area (Å²) >= 11 is 0. The van der Waals surface area contributed by atoms with Gasteiger partial charge in [-0.1, -0.05) is 48.5 Å². The fraction of sp³-hybridized carbons (Fsp3) is 0.286. The average molecular weight is 351 g/mol. The van der Waals surface area contributed by atoms with E-state index in [0.717, 1.165) is 11.3 Å². The average Bonchev–Trinajstić information content (AvgIpc) is 3.04. The van der Waals surface area contributed by atoms with Crippen LogP contribution >= 0.6 is 0 Å². The number of carbonyl (C=O) groups excluding carboxylic acids is 3. The fourth-order valence-corrected chi connectivity index (χ4v) is 3.13. The van der Waals surface area contributed by atoms with Gasteiger partial charge < -0.3 is 9.64 Å². The molecule has 2 aromatic rings. The normalized spacial score (nSPS) is 17.8. The smallest absolute Gasteiger partial charge is 0.312 e. The molecular weight excluding hydrogens is 330 g/mol. The largest absolute Gasteiger partial charge is 0.454 e. The Hall–Kier alpha value is -2.95. The maximum atomic E-state index is 12.4. The predicted molar refractivity (Wildman–Crippen MR) is 98.0 cm³/mol. The first-order valence-corrected chi connectivity index (χ1v) is 8.63. The molecule has 1 heterocycles. The van der Waals surface area contributed by atoms with Crippen LogP contribution in [0.25, 0.3) is 0 Å². The molecule has 1 aliphatic heterocycles. The number of ether oxygens (including phenoxy) is 1. The topological polar surface area (TPSA) is 63.7 Å². The van der Waals surface area contributed by atoms with Crippen LogP contribution in [0.1, 0.15) is 29.3 Å².